The third kappa shape index (κ3) is 7.54. The Hall–Kier alpha value is -5.23. The maximum Gasteiger partial charge on any atom is 0.348 e. The van der Waals surface area contributed by atoms with Crippen molar-refractivity contribution in [1.82, 2.24) is 14.9 Å². The Bertz CT molecular complexity index is 1560. The lowest BCUT2D eigenvalue weighted by atomic mass is 9.96. The number of hydrogen-bond donors (Lipinski definition) is 2. The van der Waals surface area contributed by atoms with Crippen LogP contribution in [0.15, 0.2) is 84.9 Å². The first-order valence-corrected chi connectivity index (χ1v) is 13.8. The highest BCUT2D eigenvalue weighted by Crippen LogP contribution is 2.28. The number of hydrogen-bond acceptors (Lipinski definition) is 10. The van der Waals surface area contributed by atoms with Crippen molar-refractivity contribution in [1.29, 1.82) is 0 Å². The van der Waals surface area contributed by atoms with Crippen LogP contribution in [0, 0.1) is 10.1 Å². The molecular formula is C31H32N6O6. The van der Waals surface area contributed by atoms with Crippen molar-refractivity contribution >= 4 is 23.4 Å². The smallest absolute Gasteiger partial charge is 0.348 e. The van der Waals surface area contributed by atoms with Crippen LogP contribution in [0.3, 0.4) is 0 Å². The maximum absolute atomic E-state index is 12.1. The van der Waals surface area contributed by atoms with Crippen molar-refractivity contribution in [2.75, 3.05) is 36.8 Å². The standard InChI is InChI=1S/C31H32N6O6/c1-31(29(38)39,43-26-5-3-2-4-6-26)20-22-9-13-25(14-10-22)42-28-19-27(33-30(32)34-28)36-17-15-35(16-18-36)21-23-7-11-24(12-8-23)37(40)41/h2-14,19H,15-18,20-21H2,1H3,(H,38,39)(H2,32,33,34). The molecule has 43 heavy (non-hydrogen) atoms. The van der Waals surface area contributed by atoms with E-state index < -0.39 is 16.5 Å². The van der Waals surface area contributed by atoms with Gasteiger partial charge in [-0.25, -0.2) is 4.79 Å². The molecule has 0 spiro atoms. The number of ether oxygens (including phenoxy) is 2. The molecule has 0 amide bonds. The van der Waals surface area contributed by atoms with Crippen LogP contribution in [0.1, 0.15) is 18.1 Å². The number of aliphatic carboxylic acids is 1. The van der Waals surface area contributed by atoms with Gasteiger partial charge in [-0.15, -0.1) is 0 Å². The van der Waals surface area contributed by atoms with Crippen molar-refractivity contribution in [3.8, 4) is 17.4 Å². The molecule has 2 heterocycles. The minimum absolute atomic E-state index is 0.0819. The molecule has 12 heteroatoms. The van der Waals surface area contributed by atoms with Crippen molar-refractivity contribution in [3.63, 3.8) is 0 Å². The summed E-state index contributed by atoms with van der Waals surface area (Å²) in [5, 5.41) is 20.8. The molecule has 1 aromatic heterocycles. The fraction of sp³-hybridized carbons (Fsp3) is 0.258. The number of carboxylic acids is 1. The van der Waals surface area contributed by atoms with E-state index in [1.807, 2.05) is 6.07 Å². The van der Waals surface area contributed by atoms with Crippen LogP contribution >= 0.6 is 0 Å². The second-order valence-electron chi connectivity index (χ2n) is 10.5. The zero-order chi connectivity index (χ0) is 30.4. The van der Waals surface area contributed by atoms with Gasteiger partial charge < -0.3 is 25.2 Å². The number of carbonyl (C=O) groups is 1. The van der Waals surface area contributed by atoms with E-state index in [0.717, 1.165) is 24.2 Å². The lowest BCUT2D eigenvalue weighted by Crippen LogP contribution is -2.46. The van der Waals surface area contributed by atoms with Gasteiger partial charge in [0.05, 0.1) is 4.92 Å². The molecule has 1 atom stereocenters. The molecule has 0 saturated carbocycles. The molecule has 1 fully saturated rings. The van der Waals surface area contributed by atoms with Crippen LogP contribution in [0.5, 0.6) is 17.4 Å². The van der Waals surface area contributed by atoms with Crippen LogP contribution in [0.25, 0.3) is 0 Å². The Morgan fingerprint density at radius 2 is 1.60 bits per heavy atom. The zero-order valence-electron chi connectivity index (χ0n) is 23.6. The maximum atomic E-state index is 12.1. The van der Waals surface area contributed by atoms with E-state index in [1.165, 1.54) is 12.1 Å². The molecule has 0 aliphatic carbocycles. The number of carboxylic acid groups (broad SMARTS) is 1. The number of piperazine rings is 1. The van der Waals surface area contributed by atoms with Gasteiger partial charge in [0.1, 0.15) is 17.3 Å². The number of aromatic nitrogens is 2. The van der Waals surface area contributed by atoms with E-state index in [2.05, 4.69) is 19.8 Å². The molecule has 4 aromatic rings. The largest absolute Gasteiger partial charge is 0.478 e. The minimum Gasteiger partial charge on any atom is -0.478 e. The van der Waals surface area contributed by atoms with E-state index in [9.17, 15) is 20.0 Å². The zero-order valence-corrected chi connectivity index (χ0v) is 23.6. The molecule has 5 rings (SSSR count). The third-order valence-electron chi connectivity index (χ3n) is 7.18. The van der Waals surface area contributed by atoms with Gasteiger partial charge >= 0.3 is 5.97 Å². The van der Waals surface area contributed by atoms with Crippen molar-refractivity contribution in [3.05, 3.63) is 106 Å². The molecule has 3 N–H and O–H groups in total. The first-order chi connectivity index (χ1) is 20.7. The highest BCUT2D eigenvalue weighted by atomic mass is 16.6. The monoisotopic (exact) mass is 584 g/mol. The van der Waals surface area contributed by atoms with E-state index >= 15 is 0 Å². The predicted molar refractivity (Wildman–Crippen MR) is 160 cm³/mol. The van der Waals surface area contributed by atoms with Crippen LogP contribution in [0.4, 0.5) is 17.5 Å². The Labute approximate surface area is 248 Å². The normalized spacial score (nSPS) is 15.0. The second kappa shape index (κ2) is 12.7. The molecule has 0 bridgehead atoms. The molecule has 0 radical (unpaired) electrons. The summed E-state index contributed by atoms with van der Waals surface area (Å²) >= 11 is 0. The summed E-state index contributed by atoms with van der Waals surface area (Å²) in [6.45, 7) is 5.24. The lowest BCUT2D eigenvalue weighted by molar-refractivity contribution is -0.384. The summed E-state index contributed by atoms with van der Waals surface area (Å²) in [5.41, 5.74) is 6.42. The fourth-order valence-corrected chi connectivity index (χ4v) is 4.85. The first-order valence-electron chi connectivity index (χ1n) is 13.8. The van der Waals surface area contributed by atoms with Gasteiger partial charge in [-0.05, 0) is 42.3 Å². The summed E-state index contributed by atoms with van der Waals surface area (Å²) in [6.07, 6.45) is 0.151. The number of para-hydroxylation sites is 1. The minimum atomic E-state index is -1.45. The quantitative estimate of drug-likeness (QED) is 0.188. The third-order valence-corrected chi connectivity index (χ3v) is 7.18. The van der Waals surface area contributed by atoms with Crippen molar-refractivity contribution in [2.45, 2.75) is 25.5 Å². The van der Waals surface area contributed by atoms with Crippen molar-refractivity contribution in [2.24, 2.45) is 0 Å². The van der Waals surface area contributed by atoms with Crippen LogP contribution < -0.4 is 20.1 Å². The molecule has 1 aliphatic heterocycles. The Kier molecular flexibility index (Phi) is 8.67. The second-order valence-corrected chi connectivity index (χ2v) is 10.5. The van der Waals surface area contributed by atoms with Crippen LogP contribution in [-0.4, -0.2) is 62.6 Å². The lowest BCUT2D eigenvalue weighted by Gasteiger charge is -2.35. The highest BCUT2D eigenvalue weighted by Gasteiger charge is 2.36. The molecule has 12 nitrogen and oxygen atoms in total. The van der Waals surface area contributed by atoms with Crippen molar-refractivity contribution < 1.29 is 24.3 Å². The first kappa shape index (κ1) is 29.3. The highest BCUT2D eigenvalue weighted by molar-refractivity contribution is 5.78. The number of rotatable bonds is 11. The molecule has 1 unspecified atom stereocenters. The topological polar surface area (TPSA) is 157 Å². The van der Waals surface area contributed by atoms with E-state index in [-0.39, 0.29) is 18.1 Å². The molecular weight excluding hydrogens is 552 g/mol. The summed E-state index contributed by atoms with van der Waals surface area (Å²) in [5.74, 6) is 0.980. The predicted octanol–water partition coefficient (Wildman–Crippen LogP) is 4.55. The number of anilines is 2. The van der Waals surface area contributed by atoms with Gasteiger partial charge in [0.15, 0.2) is 0 Å². The summed E-state index contributed by atoms with van der Waals surface area (Å²) < 4.78 is 11.8. The molecule has 1 saturated heterocycles. The molecule has 1 aliphatic rings. The summed E-state index contributed by atoms with van der Waals surface area (Å²) in [6, 6.07) is 24.3. The number of nitrogens with two attached hydrogens (primary N) is 1. The van der Waals surface area contributed by atoms with Gasteiger partial charge in [0.2, 0.25) is 17.4 Å². The van der Waals surface area contributed by atoms with Gasteiger partial charge in [-0.1, -0.05) is 42.5 Å². The van der Waals surface area contributed by atoms with Gasteiger partial charge in [-0.3, -0.25) is 15.0 Å². The van der Waals surface area contributed by atoms with Crippen LogP contribution in [0.2, 0.25) is 0 Å². The molecule has 3 aromatic carbocycles. The number of benzene rings is 3. The Morgan fingerprint density at radius 1 is 0.953 bits per heavy atom. The Morgan fingerprint density at radius 3 is 2.23 bits per heavy atom. The number of nitrogen functional groups attached to an aromatic ring is 1. The van der Waals surface area contributed by atoms with Gasteiger partial charge in [0, 0.05) is 57.3 Å². The van der Waals surface area contributed by atoms with E-state index in [4.69, 9.17) is 15.2 Å². The van der Waals surface area contributed by atoms with Gasteiger partial charge in [0.25, 0.3) is 5.69 Å². The number of nitro benzene ring substituents is 1. The number of non-ortho nitro benzene ring substituents is 1. The SMILES string of the molecule is CC(Cc1ccc(Oc2cc(N3CCN(Cc4ccc([N+](=O)[O-])cc4)CC3)nc(N)n2)cc1)(Oc1ccccc1)C(=O)O. The Balaban J connectivity index is 1.19. The average molecular weight is 585 g/mol. The molecule has 222 valence electrons. The average Bonchev–Trinajstić information content (AvgIpc) is 2.99. The number of nitrogens with zero attached hydrogens (tertiary/aromatic N) is 5. The van der Waals surface area contributed by atoms with E-state index in [0.29, 0.717) is 42.8 Å². The fourth-order valence-electron chi connectivity index (χ4n) is 4.85. The summed E-state index contributed by atoms with van der Waals surface area (Å²) in [7, 11) is 0. The van der Waals surface area contributed by atoms with Crippen LogP contribution in [-0.2, 0) is 17.8 Å². The van der Waals surface area contributed by atoms with Gasteiger partial charge in [-0.2, -0.15) is 9.97 Å². The number of nitro groups is 1. The summed E-state index contributed by atoms with van der Waals surface area (Å²) in [4.78, 5) is 35.6. The van der Waals surface area contributed by atoms with E-state index in [1.54, 1.807) is 73.7 Å².